The van der Waals surface area contributed by atoms with Gasteiger partial charge in [-0.25, -0.2) is 4.79 Å². The number of hydrogen-bond acceptors (Lipinski definition) is 3. The SMILES string of the molecule is CN1CC[C@H](NC(=O)Nc2cccc3cccnc23)C1. The number of likely N-dealkylation sites (tertiary alicyclic amines) is 1. The molecule has 3 rings (SSSR count). The van der Waals surface area contributed by atoms with Crippen LogP contribution >= 0.6 is 0 Å². The van der Waals surface area contributed by atoms with Gasteiger partial charge in [0.05, 0.1) is 11.2 Å². The van der Waals surface area contributed by atoms with Crippen LogP contribution in [-0.2, 0) is 0 Å². The number of pyridine rings is 1. The fraction of sp³-hybridized carbons (Fsp3) is 0.333. The molecule has 5 nitrogen and oxygen atoms in total. The van der Waals surface area contributed by atoms with Crippen LogP contribution in [-0.4, -0.2) is 42.1 Å². The first-order valence-electron chi connectivity index (χ1n) is 6.82. The van der Waals surface area contributed by atoms with Crippen molar-refractivity contribution in [3.8, 4) is 0 Å². The van der Waals surface area contributed by atoms with E-state index in [0.717, 1.165) is 36.1 Å². The number of fused-ring (bicyclic) bond motifs is 1. The normalized spacial score (nSPS) is 19.1. The Morgan fingerprint density at radius 1 is 1.35 bits per heavy atom. The molecule has 0 saturated carbocycles. The molecule has 1 saturated heterocycles. The standard InChI is InChI=1S/C15H18N4O/c1-19-9-7-12(10-19)17-15(20)18-13-6-2-4-11-5-3-8-16-14(11)13/h2-6,8,12H,7,9-10H2,1H3,(H2,17,18,20)/t12-/m0/s1. The molecule has 1 aromatic carbocycles. The first-order valence-corrected chi connectivity index (χ1v) is 6.82. The average Bonchev–Trinajstić information content (AvgIpc) is 2.84. The molecule has 2 aromatic rings. The van der Waals surface area contributed by atoms with Gasteiger partial charge in [0.2, 0.25) is 0 Å². The van der Waals surface area contributed by atoms with Crippen molar-refractivity contribution in [1.82, 2.24) is 15.2 Å². The van der Waals surface area contributed by atoms with E-state index in [1.807, 2.05) is 30.3 Å². The van der Waals surface area contributed by atoms with Crippen molar-refractivity contribution in [3.05, 3.63) is 36.5 Å². The summed E-state index contributed by atoms with van der Waals surface area (Å²) in [5, 5.41) is 6.92. The number of amides is 2. The molecule has 0 spiro atoms. The number of nitrogens with one attached hydrogen (secondary N) is 2. The molecule has 104 valence electrons. The first-order chi connectivity index (χ1) is 9.72. The first kappa shape index (κ1) is 12.9. The van der Waals surface area contributed by atoms with E-state index in [1.54, 1.807) is 6.20 Å². The third-order valence-electron chi connectivity index (χ3n) is 3.61. The van der Waals surface area contributed by atoms with Gasteiger partial charge in [0.25, 0.3) is 0 Å². The molecule has 2 N–H and O–H groups in total. The molecule has 20 heavy (non-hydrogen) atoms. The number of carbonyl (C=O) groups is 1. The number of aromatic nitrogens is 1. The van der Waals surface area contributed by atoms with Gasteiger partial charge in [-0.15, -0.1) is 0 Å². The number of nitrogens with zero attached hydrogens (tertiary/aromatic N) is 2. The third kappa shape index (κ3) is 2.72. The van der Waals surface area contributed by atoms with Gasteiger partial charge in [0.1, 0.15) is 0 Å². The monoisotopic (exact) mass is 270 g/mol. The van der Waals surface area contributed by atoms with Crippen molar-refractivity contribution in [2.24, 2.45) is 0 Å². The van der Waals surface area contributed by atoms with Crippen LogP contribution in [0.4, 0.5) is 10.5 Å². The molecule has 0 radical (unpaired) electrons. The average molecular weight is 270 g/mol. The maximum Gasteiger partial charge on any atom is 0.319 e. The number of anilines is 1. The van der Waals surface area contributed by atoms with Gasteiger partial charge >= 0.3 is 6.03 Å². The van der Waals surface area contributed by atoms with Crippen molar-refractivity contribution in [1.29, 1.82) is 0 Å². The second kappa shape index (κ2) is 5.46. The lowest BCUT2D eigenvalue weighted by Gasteiger charge is -2.14. The van der Waals surface area contributed by atoms with Gasteiger partial charge in [0.15, 0.2) is 0 Å². The zero-order chi connectivity index (χ0) is 13.9. The van der Waals surface area contributed by atoms with Gasteiger partial charge in [0, 0.05) is 24.2 Å². The summed E-state index contributed by atoms with van der Waals surface area (Å²) < 4.78 is 0. The molecule has 1 aliphatic heterocycles. The zero-order valence-electron chi connectivity index (χ0n) is 11.5. The Morgan fingerprint density at radius 3 is 3.00 bits per heavy atom. The summed E-state index contributed by atoms with van der Waals surface area (Å²) in [7, 11) is 2.06. The third-order valence-corrected chi connectivity index (χ3v) is 3.61. The highest BCUT2D eigenvalue weighted by Gasteiger charge is 2.21. The van der Waals surface area contributed by atoms with E-state index in [2.05, 4.69) is 27.6 Å². The number of urea groups is 1. The predicted octanol–water partition coefficient (Wildman–Crippen LogP) is 2.06. The molecule has 1 aliphatic rings. The fourth-order valence-electron chi connectivity index (χ4n) is 2.60. The number of rotatable bonds is 2. The Bertz CT molecular complexity index is 623. The van der Waals surface area contributed by atoms with E-state index < -0.39 is 0 Å². The van der Waals surface area contributed by atoms with Crippen LogP contribution in [0.5, 0.6) is 0 Å². The Hall–Kier alpha value is -2.14. The minimum absolute atomic E-state index is 0.163. The largest absolute Gasteiger partial charge is 0.334 e. The van der Waals surface area contributed by atoms with Crippen molar-refractivity contribution < 1.29 is 4.79 Å². The quantitative estimate of drug-likeness (QED) is 0.878. The zero-order valence-corrected chi connectivity index (χ0v) is 11.5. The van der Waals surface area contributed by atoms with E-state index in [-0.39, 0.29) is 12.1 Å². The van der Waals surface area contributed by atoms with Crippen LogP contribution in [0, 0.1) is 0 Å². The topological polar surface area (TPSA) is 57.3 Å². The molecule has 0 unspecified atom stereocenters. The van der Waals surface area contributed by atoms with Gasteiger partial charge in [-0.05, 0) is 32.1 Å². The van der Waals surface area contributed by atoms with E-state index in [1.165, 1.54) is 0 Å². The molecule has 5 heteroatoms. The highest BCUT2D eigenvalue weighted by atomic mass is 16.2. The molecule has 0 bridgehead atoms. The molecule has 0 aliphatic carbocycles. The van der Waals surface area contributed by atoms with Gasteiger partial charge in [-0.3, -0.25) is 4.98 Å². The second-order valence-electron chi connectivity index (χ2n) is 5.23. The summed E-state index contributed by atoms with van der Waals surface area (Å²) in [5.74, 6) is 0. The molecule has 1 aromatic heterocycles. The Morgan fingerprint density at radius 2 is 2.20 bits per heavy atom. The minimum Gasteiger partial charge on any atom is -0.334 e. The summed E-state index contributed by atoms with van der Waals surface area (Å²) in [6.45, 7) is 1.93. The fourth-order valence-corrected chi connectivity index (χ4v) is 2.60. The summed E-state index contributed by atoms with van der Waals surface area (Å²) in [5.41, 5.74) is 1.56. The molecule has 2 heterocycles. The van der Waals surface area contributed by atoms with Gasteiger partial charge < -0.3 is 15.5 Å². The van der Waals surface area contributed by atoms with Crippen LogP contribution in [0.25, 0.3) is 10.9 Å². The van der Waals surface area contributed by atoms with Crippen molar-refractivity contribution >= 4 is 22.6 Å². The number of likely N-dealkylation sites (N-methyl/N-ethyl adjacent to an activating group) is 1. The lowest BCUT2D eigenvalue weighted by atomic mass is 10.2. The lowest BCUT2D eigenvalue weighted by Crippen LogP contribution is -2.39. The maximum atomic E-state index is 12.1. The van der Waals surface area contributed by atoms with Crippen molar-refractivity contribution in [2.45, 2.75) is 12.5 Å². The highest BCUT2D eigenvalue weighted by Crippen LogP contribution is 2.20. The number of hydrogen-bond donors (Lipinski definition) is 2. The van der Waals surface area contributed by atoms with Crippen LogP contribution in [0.2, 0.25) is 0 Å². The molecule has 1 atom stereocenters. The van der Waals surface area contributed by atoms with Crippen molar-refractivity contribution in [3.63, 3.8) is 0 Å². The summed E-state index contributed by atoms with van der Waals surface area (Å²) in [4.78, 5) is 18.6. The molecular weight excluding hydrogens is 252 g/mol. The van der Waals surface area contributed by atoms with Crippen LogP contribution in [0.15, 0.2) is 36.5 Å². The Labute approximate surface area is 118 Å². The van der Waals surface area contributed by atoms with Crippen LogP contribution in [0.3, 0.4) is 0 Å². The number of carbonyl (C=O) groups excluding carboxylic acids is 1. The minimum atomic E-state index is -0.163. The second-order valence-corrected chi connectivity index (χ2v) is 5.23. The lowest BCUT2D eigenvalue weighted by molar-refractivity contribution is 0.248. The molecular formula is C15H18N4O. The van der Waals surface area contributed by atoms with Crippen LogP contribution < -0.4 is 10.6 Å². The maximum absolute atomic E-state index is 12.1. The van der Waals surface area contributed by atoms with Crippen molar-refractivity contribution in [2.75, 3.05) is 25.5 Å². The highest BCUT2D eigenvalue weighted by molar-refractivity contribution is 5.99. The summed E-state index contributed by atoms with van der Waals surface area (Å²) >= 11 is 0. The van der Waals surface area contributed by atoms with E-state index in [9.17, 15) is 4.79 Å². The van der Waals surface area contributed by atoms with Crippen LogP contribution in [0.1, 0.15) is 6.42 Å². The smallest absolute Gasteiger partial charge is 0.319 e. The summed E-state index contributed by atoms with van der Waals surface area (Å²) in [6, 6.07) is 9.71. The van der Waals surface area contributed by atoms with E-state index in [4.69, 9.17) is 0 Å². The number of benzene rings is 1. The number of para-hydroxylation sites is 1. The molecule has 1 fully saturated rings. The van der Waals surface area contributed by atoms with E-state index >= 15 is 0 Å². The van der Waals surface area contributed by atoms with Gasteiger partial charge in [-0.2, -0.15) is 0 Å². The molecule has 2 amide bonds. The predicted molar refractivity (Wildman–Crippen MR) is 79.8 cm³/mol. The Balaban J connectivity index is 1.71. The van der Waals surface area contributed by atoms with E-state index in [0.29, 0.717) is 0 Å². The van der Waals surface area contributed by atoms with Gasteiger partial charge in [-0.1, -0.05) is 18.2 Å². The Kier molecular flexibility index (Phi) is 3.52. The summed E-state index contributed by atoms with van der Waals surface area (Å²) in [6.07, 6.45) is 2.73.